The third-order valence-electron chi connectivity index (χ3n) is 3.76. The van der Waals surface area contributed by atoms with Gasteiger partial charge in [0.2, 0.25) is 5.91 Å². The Balaban J connectivity index is 2.05. The molecular weight excluding hydrogens is 264 g/mol. The molecule has 21 heavy (non-hydrogen) atoms. The first-order valence-electron chi connectivity index (χ1n) is 7.72. The van der Waals surface area contributed by atoms with E-state index in [1.165, 1.54) is 0 Å². The summed E-state index contributed by atoms with van der Waals surface area (Å²) in [5, 5.41) is 2.91. The maximum Gasteiger partial charge on any atom is 0.251 e. The molecule has 0 unspecified atom stereocenters. The van der Waals surface area contributed by atoms with E-state index < -0.39 is 6.04 Å². The van der Waals surface area contributed by atoms with E-state index in [0.29, 0.717) is 17.9 Å². The van der Waals surface area contributed by atoms with Gasteiger partial charge in [0.15, 0.2) is 0 Å². The fourth-order valence-corrected chi connectivity index (χ4v) is 2.68. The molecule has 1 heterocycles. The number of carbonyl (C=O) groups excluding carboxylic acids is 2. The summed E-state index contributed by atoms with van der Waals surface area (Å²) < 4.78 is 0. The Hall–Kier alpha value is -1.84. The van der Waals surface area contributed by atoms with Gasteiger partial charge in [0.25, 0.3) is 5.91 Å². The van der Waals surface area contributed by atoms with Gasteiger partial charge in [0, 0.05) is 18.7 Å². The number of benzene rings is 1. The Morgan fingerprint density at radius 3 is 2.33 bits per heavy atom. The van der Waals surface area contributed by atoms with Crippen LogP contribution >= 0.6 is 0 Å². The molecule has 1 aromatic rings. The first-order chi connectivity index (χ1) is 10.1. The Morgan fingerprint density at radius 1 is 1.14 bits per heavy atom. The monoisotopic (exact) mass is 288 g/mol. The molecule has 1 aliphatic rings. The van der Waals surface area contributed by atoms with Crippen LogP contribution in [0.15, 0.2) is 30.3 Å². The van der Waals surface area contributed by atoms with Crippen molar-refractivity contribution in [2.75, 3.05) is 13.1 Å². The highest BCUT2D eigenvalue weighted by Crippen LogP contribution is 2.14. The number of nitrogens with zero attached hydrogens (tertiary/aromatic N) is 1. The molecule has 1 fully saturated rings. The van der Waals surface area contributed by atoms with Gasteiger partial charge in [-0.25, -0.2) is 0 Å². The molecule has 0 aliphatic carbocycles. The van der Waals surface area contributed by atoms with Crippen LogP contribution < -0.4 is 5.32 Å². The standard InChI is InChI=1S/C17H24N2O2/c1-13(2)12-15(17(21)19-10-6-7-11-19)18-16(20)14-8-4-3-5-9-14/h3-5,8-9,13,15H,6-7,10-12H2,1-2H3,(H,18,20)/t15-/m1/s1. The second kappa shape index (κ2) is 7.25. The minimum absolute atomic E-state index is 0.0606. The van der Waals surface area contributed by atoms with Crippen molar-refractivity contribution in [2.24, 2.45) is 5.92 Å². The summed E-state index contributed by atoms with van der Waals surface area (Å²) in [4.78, 5) is 26.7. The second-order valence-corrected chi connectivity index (χ2v) is 6.05. The van der Waals surface area contributed by atoms with Gasteiger partial charge in [-0.2, -0.15) is 0 Å². The molecule has 2 rings (SSSR count). The zero-order chi connectivity index (χ0) is 15.2. The van der Waals surface area contributed by atoms with Gasteiger partial charge in [-0.1, -0.05) is 32.0 Å². The summed E-state index contributed by atoms with van der Waals surface area (Å²) in [5.41, 5.74) is 0.598. The summed E-state index contributed by atoms with van der Waals surface area (Å²) in [6.07, 6.45) is 2.80. The lowest BCUT2D eigenvalue weighted by Crippen LogP contribution is -2.48. The number of hydrogen-bond acceptors (Lipinski definition) is 2. The van der Waals surface area contributed by atoms with Gasteiger partial charge in [-0.05, 0) is 37.3 Å². The highest BCUT2D eigenvalue weighted by molar-refractivity contribution is 5.97. The molecule has 0 aromatic heterocycles. The fourth-order valence-electron chi connectivity index (χ4n) is 2.68. The van der Waals surface area contributed by atoms with Crippen LogP contribution in [0.5, 0.6) is 0 Å². The maximum atomic E-state index is 12.6. The maximum absolute atomic E-state index is 12.6. The van der Waals surface area contributed by atoms with E-state index in [4.69, 9.17) is 0 Å². The molecule has 1 atom stereocenters. The molecular formula is C17H24N2O2. The smallest absolute Gasteiger partial charge is 0.251 e. The van der Waals surface area contributed by atoms with Crippen LogP contribution in [0.4, 0.5) is 0 Å². The largest absolute Gasteiger partial charge is 0.341 e. The minimum Gasteiger partial charge on any atom is -0.341 e. The first-order valence-corrected chi connectivity index (χ1v) is 7.72. The predicted molar refractivity (Wildman–Crippen MR) is 83.0 cm³/mol. The van der Waals surface area contributed by atoms with Gasteiger partial charge >= 0.3 is 0 Å². The van der Waals surface area contributed by atoms with Crippen LogP contribution in [0.1, 0.15) is 43.5 Å². The molecule has 1 aliphatic heterocycles. The van der Waals surface area contributed by atoms with E-state index in [1.54, 1.807) is 12.1 Å². The molecule has 1 aromatic carbocycles. The zero-order valence-electron chi connectivity index (χ0n) is 12.8. The quantitative estimate of drug-likeness (QED) is 0.905. The summed E-state index contributed by atoms with van der Waals surface area (Å²) in [6.45, 7) is 5.77. The van der Waals surface area contributed by atoms with E-state index in [9.17, 15) is 9.59 Å². The van der Waals surface area contributed by atoms with Gasteiger partial charge in [-0.3, -0.25) is 9.59 Å². The van der Waals surface area contributed by atoms with Crippen molar-refractivity contribution < 1.29 is 9.59 Å². The van der Waals surface area contributed by atoms with Gasteiger partial charge < -0.3 is 10.2 Å². The van der Waals surface area contributed by atoms with Crippen LogP contribution in [0.2, 0.25) is 0 Å². The van der Waals surface area contributed by atoms with E-state index in [-0.39, 0.29) is 11.8 Å². The number of likely N-dealkylation sites (tertiary alicyclic amines) is 1. The minimum atomic E-state index is -0.421. The average molecular weight is 288 g/mol. The summed E-state index contributed by atoms with van der Waals surface area (Å²) >= 11 is 0. The molecule has 114 valence electrons. The molecule has 4 nitrogen and oxygen atoms in total. The average Bonchev–Trinajstić information content (AvgIpc) is 3.00. The van der Waals surface area contributed by atoms with Crippen molar-refractivity contribution in [3.05, 3.63) is 35.9 Å². The van der Waals surface area contributed by atoms with Crippen molar-refractivity contribution in [3.63, 3.8) is 0 Å². The summed E-state index contributed by atoms with van der Waals surface area (Å²) in [5.74, 6) is 0.247. The van der Waals surface area contributed by atoms with Crippen LogP contribution in [0.3, 0.4) is 0 Å². The lowest BCUT2D eigenvalue weighted by atomic mass is 10.0. The van der Waals surface area contributed by atoms with Gasteiger partial charge in [0.05, 0.1) is 0 Å². The lowest BCUT2D eigenvalue weighted by Gasteiger charge is -2.25. The molecule has 0 bridgehead atoms. The van der Waals surface area contributed by atoms with Crippen LogP contribution in [0, 0.1) is 5.92 Å². The summed E-state index contributed by atoms with van der Waals surface area (Å²) in [7, 11) is 0. The Labute approximate surface area is 126 Å². The Kier molecular flexibility index (Phi) is 5.37. The number of nitrogens with one attached hydrogen (secondary N) is 1. The van der Waals surface area contributed by atoms with E-state index in [2.05, 4.69) is 19.2 Å². The highest BCUT2D eigenvalue weighted by atomic mass is 16.2. The number of amides is 2. The predicted octanol–water partition coefficient (Wildman–Crippen LogP) is 2.45. The topological polar surface area (TPSA) is 49.4 Å². The second-order valence-electron chi connectivity index (χ2n) is 6.05. The molecule has 0 radical (unpaired) electrons. The molecule has 0 saturated carbocycles. The lowest BCUT2D eigenvalue weighted by molar-refractivity contribution is -0.132. The van der Waals surface area contributed by atoms with Gasteiger partial charge in [-0.15, -0.1) is 0 Å². The van der Waals surface area contributed by atoms with Crippen molar-refractivity contribution in [1.29, 1.82) is 0 Å². The third-order valence-corrected chi connectivity index (χ3v) is 3.76. The zero-order valence-corrected chi connectivity index (χ0v) is 12.8. The van der Waals surface area contributed by atoms with E-state index in [1.807, 2.05) is 23.1 Å². The van der Waals surface area contributed by atoms with Crippen molar-refractivity contribution in [3.8, 4) is 0 Å². The SMILES string of the molecule is CC(C)C[C@@H](NC(=O)c1ccccc1)C(=O)N1CCCC1. The first kappa shape index (κ1) is 15.5. The Morgan fingerprint density at radius 2 is 1.76 bits per heavy atom. The molecule has 1 N–H and O–H groups in total. The van der Waals surface area contributed by atoms with Gasteiger partial charge in [0.1, 0.15) is 6.04 Å². The molecule has 4 heteroatoms. The van der Waals surface area contributed by atoms with Crippen molar-refractivity contribution in [1.82, 2.24) is 10.2 Å². The molecule has 0 spiro atoms. The van der Waals surface area contributed by atoms with E-state index in [0.717, 1.165) is 25.9 Å². The number of carbonyl (C=O) groups is 2. The molecule has 2 amide bonds. The Bertz CT molecular complexity index is 479. The number of rotatable bonds is 5. The van der Waals surface area contributed by atoms with Crippen molar-refractivity contribution >= 4 is 11.8 Å². The van der Waals surface area contributed by atoms with Crippen LogP contribution in [-0.4, -0.2) is 35.8 Å². The fraction of sp³-hybridized carbons (Fsp3) is 0.529. The van der Waals surface area contributed by atoms with E-state index >= 15 is 0 Å². The third kappa shape index (κ3) is 4.31. The van der Waals surface area contributed by atoms with Crippen LogP contribution in [-0.2, 0) is 4.79 Å². The number of hydrogen-bond donors (Lipinski definition) is 1. The normalized spacial score (nSPS) is 16.0. The molecule has 1 saturated heterocycles. The highest BCUT2D eigenvalue weighted by Gasteiger charge is 2.28. The summed E-state index contributed by atoms with van der Waals surface area (Å²) in [6, 6.07) is 8.64. The van der Waals surface area contributed by atoms with Crippen LogP contribution in [0.25, 0.3) is 0 Å². The van der Waals surface area contributed by atoms with Crippen molar-refractivity contribution in [2.45, 2.75) is 39.2 Å².